The van der Waals surface area contributed by atoms with Crippen LogP contribution in [0.4, 0.5) is 0 Å². The van der Waals surface area contributed by atoms with Crippen LogP contribution in [0.2, 0.25) is 0 Å². The summed E-state index contributed by atoms with van der Waals surface area (Å²) in [4.78, 5) is 73.1. The van der Waals surface area contributed by atoms with Crippen LogP contribution in [0.3, 0.4) is 0 Å². The van der Waals surface area contributed by atoms with E-state index in [1.54, 1.807) is 0 Å². The molecule has 0 bridgehead atoms. The molecule has 3 unspecified atom stereocenters. The molecule has 0 rings (SSSR count). The summed E-state index contributed by atoms with van der Waals surface area (Å²) in [6.07, 6.45) is 90.8. The van der Waals surface area contributed by atoms with Crippen molar-refractivity contribution in [3.63, 3.8) is 0 Å². The molecule has 0 saturated carbocycles. The zero-order valence-corrected chi connectivity index (χ0v) is 67.8. The molecule has 0 aromatic heterocycles. The van der Waals surface area contributed by atoms with Crippen LogP contribution in [0.1, 0.15) is 310 Å². The number of esters is 4. The van der Waals surface area contributed by atoms with Gasteiger partial charge >= 0.3 is 39.5 Å². The highest BCUT2D eigenvalue weighted by Gasteiger charge is 2.30. The first-order valence-electron chi connectivity index (χ1n) is 40.7. The van der Waals surface area contributed by atoms with Crippen LogP contribution < -0.4 is 0 Å². The second kappa shape index (κ2) is 77.8. The van der Waals surface area contributed by atoms with Gasteiger partial charge in [0.15, 0.2) is 12.2 Å². The lowest BCUT2D eigenvalue weighted by Crippen LogP contribution is -2.30. The standard InChI is InChI=1S/C87H144O17P2/c1-5-9-13-17-21-25-29-33-37-39-40-42-45-48-52-56-60-64-68-72-85(90)98-78-83(104-87(92)74-70-66-62-58-54-50-46-41-38-34-30-26-22-18-14-10-6-2)80-102-106(95,96)100-76-81(88)75-99-105(93,94)101-79-82(103-86(91)73-69-65-61-57-53-49-44-36-32-28-24-20-16-12-8-4)77-97-84(89)71-67-63-59-55-51-47-43-35-31-27-23-19-15-11-7-3/h9,13,21-28,33-38,40,42-44,46,48,50,52,60,64,81-83,88H,5-8,10-12,14-20,29-32,39,41,45,47,49,51,53-59,61-63,65-80H2,1-4H3,(H,93,94)(H,95,96)/b13-9-,25-21-,26-22-,27-23-,28-24-,37-33-,38-34-,42-40-,43-35-,44-36-,50-46-,52-48-,64-60-/t81?,82-,83-/m1/s1. The largest absolute Gasteiger partial charge is 0.472 e. The van der Waals surface area contributed by atoms with Crippen LogP contribution in [0.15, 0.2) is 158 Å². The molecule has 604 valence electrons. The zero-order chi connectivity index (χ0) is 77.4. The van der Waals surface area contributed by atoms with Crippen molar-refractivity contribution < 1.29 is 80.2 Å². The van der Waals surface area contributed by atoms with Crippen molar-refractivity contribution in [2.45, 2.75) is 329 Å². The number of unbranched alkanes of at least 4 members (excludes halogenated alkanes) is 23. The van der Waals surface area contributed by atoms with Gasteiger partial charge in [0.2, 0.25) is 0 Å². The average molecular weight is 1520 g/mol. The van der Waals surface area contributed by atoms with Crippen LogP contribution in [0.5, 0.6) is 0 Å². The number of ether oxygens (including phenoxy) is 4. The Hall–Kier alpha value is -5.32. The van der Waals surface area contributed by atoms with Gasteiger partial charge in [0.25, 0.3) is 0 Å². The van der Waals surface area contributed by atoms with Crippen molar-refractivity contribution in [1.82, 2.24) is 0 Å². The molecule has 5 atom stereocenters. The predicted octanol–water partition coefficient (Wildman–Crippen LogP) is 24.0. The molecule has 106 heavy (non-hydrogen) atoms. The van der Waals surface area contributed by atoms with Crippen molar-refractivity contribution in [2.24, 2.45) is 0 Å². The number of carbonyl (C=O) groups excluding carboxylic acids is 4. The van der Waals surface area contributed by atoms with Gasteiger partial charge in [-0.25, -0.2) is 9.13 Å². The summed E-state index contributed by atoms with van der Waals surface area (Å²) in [6, 6.07) is 0. The fraction of sp³-hybridized carbons (Fsp3) is 0.655. The van der Waals surface area contributed by atoms with E-state index >= 15 is 0 Å². The molecule has 0 aromatic rings. The number of hydrogen-bond acceptors (Lipinski definition) is 15. The molecule has 19 heteroatoms. The maximum Gasteiger partial charge on any atom is 0.472 e. The van der Waals surface area contributed by atoms with Gasteiger partial charge in [0.05, 0.1) is 26.4 Å². The normalized spacial score (nSPS) is 14.7. The van der Waals surface area contributed by atoms with Crippen LogP contribution >= 0.6 is 15.6 Å². The SMILES string of the molecule is CC/C=C\C/C=C\C/C=C\C/C=C\C/C=C\C/C=C\CCC(=O)OC[C@H](COP(=O)(O)OCC(O)COP(=O)(O)OC[C@@H](COC(=O)CCCCCCC/C=C\C/C=C\CCCCC)OC(=O)CCCCCCC/C=C\C/C=C\CCCCC)OC(=O)CCCCCC/C=C\C/C=C\C/C=C\CCCCC. The molecule has 0 saturated heterocycles. The van der Waals surface area contributed by atoms with Gasteiger partial charge in [0, 0.05) is 25.7 Å². The van der Waals surface area contributed by atoms with E-state index in [-0.39, 0.29) is 25.7 Å². The van der Waals surface area contributed by atoms with Gasteiger partial charge < -0.3 is 33.8 Å². The Morgan fingerprint density at radius 2 is 0.509 bits per heavy atom. The zero-order valence-electron chi connectivity index (χ0n) is 66.1. The van der Waals surface area contributed by atoms with E-state index in [9.17, 15) is 43.2 Å². The van der Waals surface area contributed by atoms with Gasteiger partial charge in [0.1, 0.15) is 19.3 Å². The highest BCUT2D eigenvalue weighted by molar-refractivity contribution is 7.47. The maximum atomic E-state index is 13.1. The van der Waals surface area contributed by atoms with Crippen molar-refractivity contribution >= 4 is 39.5 Å². The van der Waals surface area contributed by atoms with E-state index in [4.69, 9.17) is 37.0 Å². The molecule has 0 fully saturated rings. The second-order valence-electron chi connectivity index (χ2n) is 26.6. The second-order valence-corrected chi connectivity index (χ2v) is 29.5. The minimum absolute atomic E-state index is 0.0256. The van der Waals surface area contributed by atoms with Crippen LogP contribution in [-0.4, -0.2) is 96.7 Å². The summed E-state index contributed by atoms with van der Waals surface area (Å²) in [6.45, 7) is 4.54. The molecule has 0 amide bonds. The van der Waals surface area contributed by atoms with E-state index in [1.807, 2.05) is 18.2 Å². The number of hydrogen-bond donors (Lipinski definition) is 3. The molecular formula is C87H144O17P2. The number of aliphatic hydroxyl groups excluding tert-OH is 1. The number of carbonyl (C=O) groups is 4. The predicted molar refractivity (Wildman–Crippen MR) is 436 cm³/mol. The van der Waals surface area contributed by atoms with Crippen LogP contribution in [-0.2, 0) is 65.4 Å². The lowest BCUT2D eigenvalue weighted by molar-refractivity contribution is -0.161. The fourth-order valence-electron chi connectivity index (χ4n) is 10.3. The summed E-state index contributed by atoms with van der Waals surface area (Å²) in [5.74, 6) is -2.33. The third-order valence-electron chi connectivity index (χ3n) is 16.5. The minimum Gasteiger partial charge on any atom is -0.462 e. The molecule has 0 aromatic carbocycles. The number of phosphoric ester groups is 2. The molecule has 0 aliphatic carbocycles. The molecule has 0 heterocycles. The first-order chi connectivity index (χ1) is 51.7. The first kappa shape index (κ1) is 101. The molecule has 3 N–H and O–H groups in total. The molecule has 0 aliphatic rings. The summed E-state index contributed by atoms with van der Waals surface area (Å²) in [7, 11) is -10.0. The summed E-state index contributed by atoms with van der Waals surface area (Å²) < 4.78 is 68.5. The number of allylic oxidation sites excluding steroid dienone is 26. The highest BCUT2D eigenvalue weighted by Crippen LogP contribution is 2.45. The average Bonchev–Trinajstić information content (AvgIpc) is 0.902. The van der Waals surface area contributed by atoms with E-state index < -0.39 is 97.5 Å². The summed E-state index contributed by atoms with van der Waals surface area (Å²) >= 11 is 0. The van der Waals surface area contributed by atoms with Crippen molar-refractivity contribution in [1.29, 1.82) is 0 Å². The Kier molecular flexibility index (Phi) is 73.9. The Labute approximate surface area is 642 Å². The number of phosphoric acid groups is 2. The van der Waals surface area contributed by atoms with E-state index in [1.165, 1.54) is 57.8 Å². The van der Waals surface area contributed by atoms with Gasteiger partial charge in [-0.05, 0) is 167 Å². The Morgan fingerprint density at radius 3 is 0.811 bits per heavy atom. The van der Waals surface area contributed by atoms with Crippen molar-refractivity contribution in [3.8, 4) is 0 Å². The Bertz CT molecular complexity index is 2630. The van der Waals surface area contributed by atoms with Gasteiger partial charge in [-0.2, -0.15) is 0 Å². The quantitative estimate of drug-likeness (QED) is 0.0169. The van der Waals surface area contributed by atoms with Crippen molar-refractivity contribution in [2.75, 3.05) is 39.6 Å². The molecule has 17 nitrogen and oxygen atoms in total. The van der Waals surface area contributed by atoms with Gasteiger partial charge in [-0.3, -0.25) is 37.3 Å². The number of rotatable bonds is 75. The van der Waals surface area contributed by atoms with E-state index in [2.05, 4.69) is 167 Å². The Morgan fingerprint density at radius 1 is 0.274 bits per heavy atom. The third-order valence-corrected chi connectivity index (χ3v) is 18.4. The summed E-state index contributed by atoms with van der Waals surface area (Å²) in [5, 5.41) is 10.7. The van der Waals surface area contributed by atoms with Crippen LogP contribution in [0, 0.1) is 0 Å². The molecule has 0 aliphatic heterocycles. The van der Waals surface area contributed by atoms with E-state index in [0.29, 0.717) is 32.1 Å². The molecule has 0 radical (unpaired) electrons. The Balaban J connectivity index is 5.49. The van der Waals surface area contributed by atoms with Crippen LogP contribution in [0.25, 0.3) is 0 Å². The third kappa shape index (κ3) is 76.9. The molecule has 0 spiro atoms. The van der Waals surface area contributed by atoms with Gasteiger partial charge in [-0.1, -0.05) is 276 Å². The maximum absolute atomic E-state index is 13.1. The monoisotopic (exact) mass is 1520 g/mol. The number of aliphatic hydroxyl groups is 1. The minimum atomic E-state index is -5.01. The molecular weight excluding hydrogens is 1380 g/mol. The van der Waals surface area contributed by atoms with E-state index in [0.717, 1.165) is 167 Å². The highest BCUT2D eigenvalue weighted by atomic mass is 31.2. The summed E-state index contributed by atoms with van der Waals surface area (Å²) in [5.41, 5.74) is 0. The lowest BCUT2D eigenvalue weighted by atomic mass is 10.1. The van der Waals surface area contributed by atoms with Gasteiger partial charge in [-0.15, -0.1) is 0 Å². The topological polar surface area (TPSA) is 237 Å². The fourth-order valence-corrected chi connectivity index (χ4v) is 11.8. The smallest absolute Gasteiger partial charge is 0.462 e. The van der Waals surface area contributed by atoms with Crippen molar-refractivity contribution in [3.05, 3.63) is 158 Å². The first-order valence-corrected chi connectivity index (χ1v) is 43.7. The lowest BCUT2D eigenvalue weighted by Gasteiger charge is -2.21.